The van der Waals surface area contributed by atoms with E-state index in [0.29, 0.717) is 5.75 Å². The maximum absolute atomic E-state index is 12.0. The summed E-state index contributed by atoms with van der Waals surface area (Å²) in [5.74, 6) is 0.585. The molecule has 0 saturated carbocycles. The molecule has 154 valence electrons. The molecule has 0 aliphatic carbocycles. The molecule has 1 atom stereocenters. The van der Waals surface area contributed by atoms with Crippen LogP contribution in [0.25, 0.3) is 0 Å². The second-order valence-electron chi connectivity index (χ2n) is 7.87. The number of phenols is 1. The Morgan fingerprint density at radius 3 is 2.29 bits per heavy atom. The fourth-order valence-corrected chi connectivity index (χ4v) is 4.56. The molecular weight excluding hydrogens is 371 g/mol. The monoisotopic (exact) mass is 404 g/mol. The smallest absolute Gasteiger partial charge is 0.229 e. The third-order valence-corrected chi connectivity index (χ3v) is 6.44. The van der Waals surface area contributed by atoms with Crippen molar-refractivity contribution >= 4 is 7.37 Å². The molecule has 0 aromatic heterocycles. The van der Waals surface area contributed by atoms with Gasteiger partial charge in [0.2, 0.25) is 7.37 Å². The van der Waals surface area contributed by atoms with Crippen LogP contribution in [0.2, 0.25) is 0 Å². The van der Waals surface area contributed by atoms with E-state index in [1.807, 2.05) is 18.2 Å². The van der Waals surface area contributed by atoms with E-state index in [2.05, 4.69) is 33.8 Å². The predicted molar refractivity (Wildman–Crippen MR) is 115 cm³/mol. The fraction of sp³-hybridized carbons (Fsp3) is 0.478. The van der Waals surface area contributed by atoms with E-state index in [1.165, 1.54) is 16.7 Å². The number of aliphatic hydroxyl groups is 1. The van der Waals surface area contributed by atoms with Gasteiger partial charge in [-0.15, -0.1) is 0 Å². The van der Waals surface area contributed by atoms with Crippen LogP contribution in [-0.4, -0.2) is 21.5 Å². The summed E-state index contributed by atoms with van der Waals surface area (Å²) in [4.78, 5) is 9.86. The van der Waals surface area contributed by atoms with Gasteiger partial charge in [0.1, 0.15) is 12.1 Å². The van der Waals surface area contributed by atoms with Crippen molar-refractivity contribution < 1.29 is 19.7 Å². The predicted octanol–water partition coefficient (Wildman–Crippen LogP) is 5.34. The van der Waals surface area contributed by atoms with Crippen LogP contribution in [-0.2, 0) is 30.0 Å². The molecule has 4 nitrogen and oxygen atoms in total. The summed E-state index contributed by atoms with van der Waals surface area (Å²) in [6, 6.07) is 9.86. The zero-order valence-electron chi connectivity index (χ0n) is 17.4. The van der Waals surface area contributed by atoms with Crippen molar-refractivity contribution in [1.82, 2.24) is 0 Å². The summed E-state index contributed by atoms with van der Waals surface area (Å²) in [5, 5.41) is 19.3. The number of benzene rings is 2. The number of rotatable bonds is 9. The number of aromatic hydroxyl groups is 1. The van der Waals surface area contributed by atoms with E-state index in [1.54, 1.807) is 6.07 Å². The van der Waals surface area contributed by atoms with Crippen LogP contribution in [0.1, 0.15) is 73.4 Å². The van der Waals surface area contributed by atoms with Crippen LogP contribution in [0.5, 0.6) is 5.75 Å². The molecule has 0 heterocycles. The zero-order valence-corrected chi connectivity index (χ0v) is 18.3. The van der Waals surface area contributed by atoms with E-state index < -0.39 is 13.7 Å². The van der Waals surface area contributed by atoms with Crippen LogP contribution >= 0.6 is 7.37 Å². The lowest BCUT2D eigenvalue weighted by atomic mass is 9.88. The number of aryl methyl sites for hydroxylation is 2. The molecule has 0 saturated heterocycles. The van der Waals surface area contributed by atoms with Gasteiger partial charge in [-0.3, -0.25) is 4.57 Å². The summed E-state index contributed by atoms with van der Waals surface area (Å²) in [5.41, 5.74) is 6.58. The van der Waals surface area contributed by atoms with Gasteiger partial charge in [-0.2, -0.15) is 0 Å². The molecule has 0 bridgehead atoms. The number of aliphatic hydroxyl groups excluding tert-OH is 1. The quantitative estimate of drug-likeness (QED) is 0.493. The standard InChI is InChI=1S/C23H33O4P/c1-5-7-20-11-18(14-28(26,27)15-24)10-19(6-2)22(20)13-17-8-9-23(25)21(12-17)16(3)4/h8-12,16,24-25H,5-7,13-15H2,1-4H3,(H,26,27). The lowest BCUT2D eigenvalue weighted by Gasteiger charge is -2.19. The summed E-state index contributed by atoms with van der Waals surface area (Å²) in [7, 11) is -3.54. The SMILES string of the molecule is CCCc1cc(CP(=O)(O)CO)cc(CC)c1Cc1ccc(O)c(C(C)C)c1. The Balaban J connectivity index is 2.48. The van der Waals surface area contributed by atoms with Crippen molar-refractivity contribution in [2.45, 2.75) is 65.5 Å². The number of hydrogen-bond donors (Lipinski definition) is 3. The van der Waals surface area contributed by atoms with Gasteiger partial charge >= 0.3 is 0 Å². The minimum atomic E-state index is -3.54. The van der Waals surface area contributed by atoms with Gasteiger partial charge in [0.05, 0.1) is 6.16 Å². The topological polar surface area (TPSA) is 77.8 Å². The summed E-state index contributed by atoms with van der Waals surface area (Å²) in [6.45, 7) is 8.37. The third kappa shape index (κ3) is 5.70. The Kier molecular flexibility index (Phi) is 7.88. The summed E-state index contributed by atoms with van der Waals surface area (Å²) in [6.07, 6.45) is 2.82. The number of phenolic OH excluding ortho intramolecular Hbond substituents is 1. The first kappa shape index (κ1) is 22.7. The Labute approximate surface area is 168 Å². The van der Waals surface area contributed by atoms with Crippen LogP contribution in [0, 0.1) is 0 Å². The summed E-state index contributed by atoms with van der Waals surface area (Å²) < 4.78 is 12.0. The third-order valence-electron chi connectivity index (χ3n) is 5.14. The van der Waals surface area contributed by atoms with E-state index in [9.17, 15) is 14.6 Å². The van der Waals surface area contributed by atoms with Crippen LogP contribution in [0.15, 0.2) is 30.3 Å². The first-order valence-electron chi connectivity index (χ1n) is 10.1. The highest BCUT2D eigenvalue weighted by atomic mass is 31.2. The summed E-state index contributed by atoms with van der Waals surface area (Å²) >= 11 is 0. The molecule has 5 heteroatoms. The van der Waals surface area contributed by atoms with Gasteiger partial charge in [0.15, 0.2) is 0 Å². The van der Waals surface area contributed by atoms with Gasteiger partial charge in [0, 0.05) is 0 Å². The molecule has 3 N–H and O–H groups in total. The lowest BCUT2D eigenvalue weighted by Crippen LogP contribution is -2.05. The van der Waals surface area contributed by atoms with Gasteiger partial charge in [-0.1, -0.05) is 58.4 Å². The first-order valence-corrected chi connectivity index (χ1v) is 12.1. The van der Waals surface area contributed by atoms with Crippen molar-refractivity contribution in [3.63, 3.8) is 0 Å². The van der Waals surface area contributed by atoms with Gasteiger partial charge < -0.3 is 15.1 Å². The van der Waals surface area contributed by atoms with Crippen molar-refractivity contribution in [3.05, 3.63) is 63.7 Å². The van der Waals surface area contributed by atoms with Gasteiger partial charge in [-0.25, -0.2) is 0 Å². The Morgan fingerprint density at radius 2 is 1.71 bits per heavy atom. The second kappa shape index (κ2) is 9.73. The zero-order chi connectivity index (χ0) is 20.9. The van der Waals surface area contributed by atoms with Crippen molar-refractivity contribution in [2.24, 2.45) is 0 Å². The van der Waals surface area contributed by atoms with Crippen molar-refractivity contribution in [2.75, 3.05) is 6.35 Å². The molecule has 0 amide bonds. The number of hydrogen-bond acceptors (Lipinski definition) is 3. The van der Waals surface area contributed by atoms with E-state index in [-0.39, 0.29) is 12.1 Å². The maximum atomic E-state index is 12.0. The van der Waals surface area contributed by atoms with Gasteiger partial charge in [0.25, 0.3) is 0 Å². The average Bonchev–Trinajstić information content (AvgIpc) is 2.64. The van der Waals surface area contributed by atoms with Crippen molar-refractivity contribution in [1.29, 1.82) is 0 Å². The van der Waals surface area contributed by atoms with Crippen molar-refractivity contribution in [3.8, 4) is 5.75 Å². The molecule has 28 heavy (non-hydrogen) atoms. The Bertz CT molecular complexity index is 858. The molecule has 0 aliphatic rings. The van der Waals surface area contributed by atoms with E-state index >= 15 is 0 Å². The second-order valence-corrected chi connectivity index (χ2v) is 10.2. The highest BCUT2D eigenvalue weighted by molar-refractivity contribution is 7.56. The highest BCUT2D eigenvalue weighted by Crippen LogP contribution is 2.43. The van der Waals surface area contributed by atoms with E-state index in [4.69, 9.17) is 5.11 Å². The molecule has 0 radical (unpaired) electrons. The largest absolute Gasteiger partial charge is 0.508 e. The van der Waals surface area contributed by atoms with Crippen LogP contribution < -0.4 is 0 Å². The minimum absolute atomic E-state index is 0.00417. The molecule has 2 rings (SSSR count). The molecule has 0 fully saturated rings. The van der Waals surface area contributed by atoms with E-state index in [0.717, 1.165) is 42.4 Å². The molecule has 2 aromatic carbocycles. The molecule has 1 unspecified atom stereocenters. The molecule has 0 aliphatic heterocycles. The van der Waals surface area contributed by atoms with Crippen LogP contribution in [0.3, 0.4) is 0 Å². The minimum Gasteiger partial charge on any atom is -0.508 e. The highest BCUT2D eigenvalue weighted by Gasteiger charge is 2.20. The molecule has 2 aromatic rings. The average molecular weight is 404 g/mol. The Hall–Kier alpha value is -1.61. The lowest BCUT2D eigenvalue weighted by molar-refractivity contribution is 0.332. The fourth-order valence-electron chi connectivity index (χ4n) is 3.71. The molecule has 0 spiro atoms. The Morgan fingerprint density at radius 1 is 1.04 bits per heavy atom. The normalized spacial score (nSPS) is 13.7. The van der Waals surface area contributed by atoms with Crippen LogP contribution in [0.4, 0.5) is 0 Å². The molecular formula is C23H33O4P. The van der Waals surface area contributed by atoms with Gasteiger partial charge in [-0.05, 0) is 64.6 Å². The maximum Gasteiger partial charge on any atom is 0.229 e. The first-order chi connectivity index (χ1) is 13.2.